The molecule has 152 valence electrons. The summed E-state index contributed by atoms with van der Waals surface area (Å²) in [7, 11) is 0. The third-order valence-electron chi connectivity index (χ3n) is 5.10. The fraction of sp³-hybridized carbons (Fsp3) is 0.318. The first-order valence-electron chi connectivity index (χ1n) is 9.50. The maximum Gasteiger partial charge on any atom is 0.335 e. The van der Waals surface area contributed by atoms with Crippen molar-refractivity contribution in [3.8, 4) is 0 Å². The average molecular weight is 398 g/mol. The Morgan fingerprint density at radius 3 is 2.31 bits per heavy atom. The van der Waals surface area contributed by atoms with E-state index in [0.29, 0.717) is 43.6 Å². The Bertz CT molecular complexity index is 919. The SMILES string of the molecule is Cc1cc(C(=O)O)cc(C(=O)N2CCC(C(=O)NCc3ccc(F)cc3)CC2)c1. The molecular weight excluding hydrogens is 375 g/mol. The van der Waals surface area contributed by atoms with E-state index in [1.165, 1.54) is 24.3 Å². The maximum absolute atomic E-state index is 12.9. The van der Waals surface area contributed by atoms with Gasteiger partial charge in [-0.15, -0.1) is 0 Å². The summed E-state index contributed by atoms with van der Waals surface area (Å²) in [5.41, 5.74) is 1.97. The van der Waals surface area contributed by atoms with Crippen molar-refractivity contribution in [2.45, 2.75) is 26.3 Å². The minimum atomic E-state index is -1.07. The van der Waals surface area contributed by atoms with Crippen molar-refractivity contribution in [3.05, 3.63) is 70.5 Å². The second-order valence-corrected chi connectivity index (χ2v) is 7.30. The summed E-state index contributed by atoms with van der Waals surface area (Å²) in [5, 5.41) is 12.0. The second kappa shape index (κ2) is 8.86. The van der Waals surface area contributed by atoms with Gasteiger partial charge in [-0.05, 0) is 61.2 Å². The van der Waals surface area contributed by atoms with E-state index >= 15 is 0 Å². The summed E-state index contributed by atoms with van der Waals surface area (Å²) in [6.07, 6.45) is 1.08. The van der Waals surface area contributed by atoms with Crippen molar-refractivity contribution >= 4 is 17.8 Å². The molecule has 1 heterocycles. The Balaban J connectivity index is 1.54. The van der Waals surface area contributed by atoms with Gasteiger partial charge in [0.2, 0.25) is 5.91 Å². The number of likely N-dealkylation sites (tertiary alicyclic amines) is 1. The van der Waals surface area contributed by atoms with Gasteiger partial charge in [0.15, 0.2) is 0 Å². The highest BCUT2D eigenvalue weighted by molar-refractivity contribution is 5.98. The van der Waals surface area contributed by atoms with Crippen molar-refractivity contribution in [1.82, 2.24) is 10.2 Å². The molecule has 0 unspecified atom stereocenters. The molecule has 0 bridgehead atoms. The number of nitrogens with one attached hydrogen (secondary N) is 1. The highest BCUT2D eigenvalue weighted by atomic mass is 19.1. The van der Waals surface area contributed by atoms with E-state index in [2.05, 4.69) is 5.32 Å². The second-order valence-electron chi connectivity index (χ2n) is 7.30. The molecule has 2 N–H and O–H groups in total. The zero-order chi connectivity index (χ0) is 21.0. The number of rotatable bonds is 5. The molecule has 0 radical (unpaired) electrons. The van der Waals surface area contributed by atoms with Gasteiger partial charge in [-0.25, -0.2) is 9.18 Å². The minimum absolute atomic E-state index is 0.0786. The number of hydrogen-bond acceptors (Lipinski definition) is 3. The molecule has 2 aromatic rings. The Morgan fingerprint density at radius 2 is 1.69 bits per heavy atom. The standard InChI is InChI=1S/C22H23FN2O4/c1-14-10-17(12-18(11-14)22(28)29)21(27)25-8-6-16(7-9-25)20(26)24-13-15-2-4-19(23)5-3-15/h2-5,10-12,16H,6-9,13H2,1H3,(H,24,26)(H,28,29). The number of carbonyl (C=O) groups is 3. The van der Waals surface area contributed by atoms with Crippen LogP contribution in [0.4, 0.5) is 4.39 Å². The molecule has 1 fully saturated rings. The first kappa shape index (κ1) is 20.5. The Labute approximate surface area is 168 Å². The Morgan fingerprint density at radius 1 is 1.07 bits per heavy atom. The van der Waals surface area contributed by atoms with Crippen LogP contribution in [0.1, 0.15) is 44.7 Å². The van der Waals surface area contributed by atoms with Gasteiger partial charge in [0.1, 0.15) is 5.82 Å². The van der Waals surface area contributed by atoms with Crippen LogP contribution in [0.5, 0.6) is 0 Å². The fourth-order valence-electron chi connectivity index (χ4n) is 3.49. The summed E-state index contributed by atoms with van der Waals surface area (Å²) in [4.78, 5) is 38.0. The molecule has 29 heavy (non-hydrogen) atoms. The van der Waals surface area contributed by atoms with Gasteiger partial charge in [-0.3, -0.25) is 9.59 Å². The number of carbonyl (C=O) groups excluding carboxylic acids is 2. The van der Waals surface area contributed by atoms with Crippen molar-refractivity contribution in [2.75, 3.05) is 13.1 Å². The largest absolute Gasteiger partial charge is 0.478 e. The minimum Gasteiger partial charge on any atom is -0.478 e. The summed E-state index contributed by atoms with van der Waals surface area (Å²) < 4.78 is 12.9. The van der Waals surface area contributed by atoms with Crippen LogP contribution >= 0.6 is 0 Å². The maximum atomic E-state index is 12.9. The predicted octanol–water partition coefficient (Wildman–Crippen LogP) is 3.00. The van der Waals surface area contributed by atoms with Crippen molar-refractivity contribution in [1.29, 1.82) is 0 Å². The van der Waals surface area contributed by atoms with Gasteiger partial charge in [0.05, 0.1) is 5.56 Å². The summed E-state index contributed by atoms with van der Waals surface area (Å²) in [6, 6.07) is 10.6. The van der Waals surface area contributed by atoms with E-state index in [1.54, 1.807) is 30.0 Å². The van der Waals surface area contributed by atoms with Crippen molar-refractivity contribution < 1.29 is 23.9 Å². The molecule has 1 aliphatic rings. The zero-order valence-corrected chi connectivity index (χ0v) is 16.2. The van der Waals surface area contributed by atoms with Crippen LogP contribution in [0.2, 0.25) is 0 Å². The van der Waals surface area contributed by atoms with E-state index in [-0.39, 0.29) is 29.1 Å². The van der Waals surface area contributed by atoms with Gasteiger partial charge < -0.3 is 15.3 Å². The number of aryl methyl sites for hydroxylation is 1. The molecule has 0 aliphatic carbocycles. The van der Waals surface area contributed by atoms with E-state index in [4.69, 9.17) is 0 Å². The summed E-state index contributed by atoms with van der Waals surface area (Å²) >= 11 is 0. The number of aromatic carboxylic acids is 1. The molecule has 0 saturated carbocycles. The van der Waals surface area contributed by atoms with Gasteiger partial charge in [0, 0.05) is 31.1 Å². The number of benzene rings is 2. The lowest BCUT2D eigenvalue weighted by Crippen LogP contribution is -2.43. The summed E-state index contributed by atoms with van der Waals surface area (Å²) in [6.45, 7) is 2.95. The van der Waals surface area contributed by atoms with Crippen LogP contribution < -0.4 is 5.32 Å². The number of carboxylic acid groups (broad SMARTS) is 1. The molecule has 0 aromatic heterocycles. The predicted molar refractivity (Wildman–Crippen MR) is 105 cm³/mol. The number of nitrogens with zero attached hydrogens (tertiary/aromatic N) is 1. The van der Waals surface area contributed by atoms with E-state index in [0.717, 1.165) is 5.56 Å². The van der Waals surface area contributed by atoms with Gasteiger partial charge in [-0.1, -0.05) is 12.1 Å². The van der Waals surface area contributed by atoms with Crippen LogP contribution in [0.15, 0.2) is 42.5 Å². The topological polar surface area (TPSA) is 86.7 Å². The fourth-order valence-corrected chi connectivity index (χ4v) is 3.49. The van der Waals surface area contributed by atoms with Gasteiger partial charge in [0.25, 0.3) is 5.91 Å². The molecule has 0 spiro atoms. The molecule has 1 saturated heterocycles. The van der Waals surface area contributed by atoms with Gasteiger partial charge in [-0.2, -0.15) is 0 Å². The molecule has 0 atom stereocenters. The molecular formula is C22H23FN2O4. The normalized spacial score (nSPS) is 14.5. The lowest BCUT2D eigenvalue weighted by molar-refractivity contribution is -0.126. The third-order valence-corrected chi connectivity index (χ3v) is 5.10. The molecule has 7 heteroatoms. The molecule has 2 amide bonds. The van der Waals surface area contributed by atoms with E-state index < -0.39 is 5.97 Å². The van der Waals surface area contributed by atoms with Crippen LogP contribution in [-0.2, 0) is 11.3 Å². The van der Waals surface area contributed by atoms with Crippen molar-refractivity contribution in [2.24, 2.45) is 5.92 Å². The highest BCUT2D eigenvalue weighted by Crippen LogP contribution is 2.21. The van der Waals surface area contributed by atoms with E-state index in [9.17, 15) is 23.9 Å². The number of halogens is 1. The zero-order valence-electron chi connectivity index (χ0n) is 16.2. The molecule has 1 aliphatic heterocycles. The van der Waals surface area contributed by atoms with Crippen LogP contribution in [0.25, 0.3) is 0 Å². The molecule has 3 rings (SSSR count). The van der Waals surface area contributed by atoms with E-state index in [1.807, 2.05) is 0 Å². The lowest BCUT2D eigenvalue weighted by Gasteiger charge is -2.31. The number of hydrogen-bond donors (Lipinski definition) is 2. The van der Waals surface area contributed by atoms with Gasteiger partial charge >= 0.3 is 5.97 Å². The third kappa shape index (κ3) is 5.19. The Kier molecular flexibility index (Phi) is 6.26. The highest BCUT2D eigenvalue weighted by Gasteiger charge is 2.28. The van der Waals surface area contributed by atoms with Crippen molar-refractivity contribution in [3.63, 3.8) is 0 Å². The average Bonchev–Trinajstić information content (AvgIpc) is 2.72. The number of carboxylic acids is 1. The first-order valence-corrected chi connectivity index (χ1v) is 9.50. The molecule has 2 aromatic carbocycles. The number of amides is 2. The van der Waals surface area contributed by atoms with Crippen LogP contribution in [0, 0.1) is 18.7 Å². The molecule has 6 nitrogen and oxygen atoms in total. The summed E-state index contributed by atoms with van der Waals surface area (Å²) in [5.74, 6) is -1.88. The quantitative estimate of drug-likeness (QED) is 0.811. The first-order chi connectivity index (χ1) is 13.8. The van der Waals surface area contributed by atoms with Crippen LogP contribution in [-0.4, -0.2) is 40.9 Å². The monoisotopic (exact) mass is 398 g/mol. The Hall–Kier alpha value is -3.22. The van der Waals surface area contributed by atoms with Crippen LogP contribution in [0.3, 0.4) is 0 Å². The number of piperidine rings is 1. The lowest BCUT2D eigenvalue weighted by atomic mass is 9.95. The smallest absolute Gasteiger partial charge is 0.335 e.